The van der Waals surface area contributed by atoms with Gasteiger partial charge < -0.3 is 9.84 Å². The third kappa shape index (κ3) is 3.19. The van der Waals surface area contributed by atoms with E-state index in [0.29, 0.717) is 6.42 Å². The molecule has 4 heteroatoms. The average molecular weight is 323 g/mol. The molecule has 0 saturated carbocycles. The SMILES string of the molecule is COC(=O)N1c2ccccc2C=C[C@@H]1[C@H](CO)Cc1ccccc1. The van der Waals surface area contributed by atoms with Crippen molar-refractivity contribution in [2.24, 2.45) is 5.92 Å². The Hall–Kier alpha value is -2.59. The Bertz CT molecular complexity index is 727. The molecule has 2 atom stereocenters. The Kier molecular flexibility index (Phi) is 4.96. The Morgan fingerprint density at radius 3 is 2.58 bits per heavy atom. The number of amides is 1. The van der Waals surface area contributed by atoms with E-state index in [9.17, 15) is 9.90 Å². The highest BCUT2D eigenvalue weighted by Gasteiger charge is 2.33. The molecule has 0 spiro atoms. The average Bonchev–Trinajstić information content (AvgIpc) is 2.65. The molecule has 0 aliphatic carbocycles. The van der Waals surface area contributed by atoms with E-state index in [1.165, 1.54) is 7.11 Å². The Morgan fingerprint density at radius 1 is 1.17 bits per heavy atom. The normalized spacial score (nSPS) is 17.2. The molecule has 4 nitrogen and oxygen atoms in total. The summed E-state index contributed by atoms with van der Waals surface area (Å²) in [6.45, 7) is -0.0143. The largest absolute Gasteiger partial charge is 0.452 e. The van der Waals surface area contributed by atoms with Gasteiger partial charge in [-0.3, -0.25) is 4.90 Å². The maximum atomic E-state index is 12.4. The number of hydrogen-bond donors (Lipinski definition) is 1. The molecule has 1 aliphatic heterocycles. The van der Waals surface area contributed by atoms with Gasteiger partial charge in [-0.05, 0) is 23.6 Å². The van der Waals surface area contributed by atoms with E-state index < -0.39 is 6.09 Å². The number of benzene rings is 2. The summed E-state index contributed by atoms with van der Waals surface area (Å²) < 4.78 is 4.99. The molecule has 2 aromatic rings. The van der Waals surface area contributed by atoms with Crippen LogP contribution in [-0.2, 0) is 11.2 Å². The molecule has 0 radical (unpaired) electrons. The molecule has 1 N–H and O–H groups in total. The summed E-state index contributed by atoms with van der Waals surface area (Å²) in [5.41, 5.74) is 2.91. The number of rotatable bonds is 4. The summed E-state index contributed by atoms with van der Waals surface area (Å²) in [5.74, 6) is -0.115. The molecule has 24 heavy (non-hydrogen) atoms. The van der Waals surface area contributed by atoms with Crippen LogP contribution in [0, 0.1) is 5.92 Å². The molecule has 0 unspecified atom stereocenters. The summed E-state index contributed by atoms with van der Waals surface area (Å²) >= 11 is 0. The molecule has 0 saturated heterocycles. The van der Waals surface area contributed by atoms with Gasteiger partial charge in [0, 0.05) is 12.5 Å². The first-order valence-corrected chi connectivity index (χ1v) is 8.03. The second-order valence-corrected chi connectivity index (χ2v) is 5.88. The summed E-state index contributed by atoms with van der Waals surface area (Å²) in [4.78, 5) is 14.0. The zero-order valence-electron chi connectivity index (χ0n) is 13.6. The zero-order chi connectivity index (χ0) is 16.9. The van der Waals surface area contributed by atoms with E-state index >= 15 is 0 Å². The second kappa shape index (κ2) is 7.32. The van der Waals surface area contributed by atoms with Crippen LogP contribution in [0.1, 0.15) is 11.1 Å². The summed E-state index contributed by atoms with van der Waals surface area (Å²) in [7, 11) is 1.38. The first-order valence-electron chi connectivity index (χ1n) is 8.03. The van der Waals surface area contributed by atoms with E-state index in [1.54, 1.807) is 4.90 Å². The zero-order valence-corrected chi connectivity index (χ0v) is 13.6. The molecule has 1 aliphatic rings. The van der Waals surface area contributed by atoms with Crippen molar-refractivity contribution in [2.45, 2.75) is 12.5 Å². The van der Waals surface area contributed by atoms with E-state index in [0.717, 1.165) is 16.8 Å². The molecule has 1 heterocycles. The van der Waals surface area contributed by atoms with Crippen molar-refractivity contribution >= 4 is 17.9 Å². The van der Waals surface area contributed by atoms with Gasteiger partial charge in [-0.1, -0.05) is 60.7 Å². The highest BCUT2D eigenvalue weighted by atomic mass is 16.5. The topological polar surface area (TPSA) is 49.8 Å². The first kappa shape index (κ1) is 16.3. The van der Waals surface area contributed by atoms with Gasteiger partial charge in [0.1, 0.15) is 0 Å². The van der Waals surface area contributed by atoms with Gasteiger partial charge in [0.2, 0.25) is 0 Å². The molecule has 0 aromatic heterocycles. The highest BCUT2D eigenvalue weighted by molar-refractivity contribution is 5.93. The lowest BCUT2D eigenvalue weighted by Crippen LogP contribution is -2.47. The number of ether oxygens (including phenoxy) is 1. The minimum absolute atomic E-state index is 0.0143. The van der Waals surface area contributed by atoms with Gasteiger partial charge in [-0.15, -0.1) is 0 Å². The number of aliphatic hydroxyl groups is 1. The molecule has 2 aromatic carbocycles. The molecule has 0 bridgehead atoms. The van der Waals surface area contributed by atoms with Crippen molar-refractivity contribution in [1.29, 1.82) is 0 Å². The van der Waals surface area contributed by atoms with Crippen LogP contribution in [0.2, 0.25) is 0 Å². The molecule has 0 fully saturated rings. The molecule has 3 rings (SSSR count). The summed E-state index contributed by atoms with van der Waals surface area (Å²) in [6, 6.07) is 17.4. The van der Waals surface area contributed by atoms with Crippen LogP contribution in [0.3, 0.4) is 0 Å². The minimum atomic E-state index is -0.414. The number of methoxy groups -OCH3 is 1. The number of aliphatic hydroxyl groups excluding tert-OH is 1. The number of carbonyl (C=O) groups is 1. The summed E-state index contributed by atoms with van der Waals surface area (Å²) in [5, 5.41) is 9.95. The standard InChI is InChI=1S/C20H21NO3/c1-24-20(23)21-18-10-6-5-9-16(18)11-12-19(21)17(14-22)13-15-7-3-2-4-8-15/h2-12,17,19,22H,13-14H2,1H3/t17-,19+/m0/s1. The molecular formula is C20H21NO3. The van der Waals surface area contributed by atoms with Gasteiger partial charge in [-0.2, -0.15) is 0 Å². The predicted octanol–water partition coefficient (Wildman–Crippen LogP) is 3.51. The van der Waals surface area contributed by atoms with Crippen LogP contribution < -0.4 is 4.90 Å². The third-order valence-electron chi connectivity index (χ3n) is 4.40. The van der Waals surface area contributed by atoms with Gasteiger partial charge in [-0.25, -0.2) is 4.79 Å². The Labute approximate surface area is 142 Å². The number of fused-ring (bicyclic) bond motifs is 1. The number of carbonyl (C=O) groups excluding carboxylic acids is 1. The lowest BCUT2D eigenvalue weighted by atomic mass is 9.88. The lowest BCUT2D eigenvalue weighted by Gasteiger charge is -2.37. The van der Waals surface area contributed by atoms with Crippen LogP contribution >= 0.6 is 0 Å². The van der Waals surface area contributed by atoms with Crippen LogP contribution in [0.5, 0.6) is 0 Å². The maximum Gasteiger partial charge on any atom is 0.414 e. The van der Waals surface area contributed by atoms with Crippen molar-refractivity contribution in [3.05, 3.63) is 71.8 Å². The van der Waals surface area contributed by atoms with Crippen molar-refractivity contribution in [1.82, 2.24) is 0 Å². The van der Waals surface area contributed by atoms with Gasteiger partial charge in [0.05, 0.1) is 18.8 Å². The smallest absolute Gasteiger partial charge is 0.414 e. The van der Waals surface area contributed by atoms with Crippen LogP contribution in [-0.4, -0.2) is 31.0 Å². The number of nitrogens with zero attached hydrogens (tertiary/aromatic N) is 1. The molecule has 124 valence electrons. The van der Waals surface area contributed by atoms with Gasteiger partial charge in [0.25, 0.3) is 0 Å². The van der Waals surface area contributed by atoms with E-state index in [4.69, 9.17) is 4.74 Å². The van der Waals surface area contributed by atoms with Crippen molar-refractivity contribution in [3.63, 3.8) is 0 Å². The fourth-order valence-corrected chi connectivity index (χ4v) is 3.19. The van der Waals surface area contributed by atoms with E-state index in [-0.39, 0.29) is 18.6 Å². The second-order valence-electron chi connectivity index (χ2n) is 5.88. The number of anilines is 1. The third-order valence-corrected chi connectivity index (χ3v) is 4.40. The van der Waals surface area contributed by atoms with Crippen molar-refractivity contribution < 1.29 is 14.6 Å². The first-order chi connectivity index (χ1) is 11.7. The number of hydrogen-bond acceptors (Lipinski definition) is 3. The fourth-order valence-electron chi connectivity index (χ4n) is 3.19. The van der Waals surface area contributed by atoms with Crippen molar-refractivity contribution in [3.8, 4) is 0 Å². The predicted molar refractivity (Wildman–Crippen MR) is 94.9 cm³/mol. The summed E-state index contributed by atoms with van der Waals surface area (Å²) in [6.07, 6.45) is 4.25. The van der Waals surface area contributed by atoms with Gasteiger partial charge >= 0.3 is 6.09 Å². The lowest BCUT2D eigenvalue weighted by molar-refractivity contribution is 0.167. The molecule has 1 amide bonds. The van der Waals surface area contributed by atoms with Crippen LogP contribution in [0.4, 0.5) is 10.5 Å². The maximum absolute atomic E-state index is 12.4. The monoisotopic (exact) mass is 323 g/mol. The quantitative estimate of drug-likeness (QED) is 0.937. The van der Waals surface area contributed by atoms with Gasteiger partial charge in [0.15, 0.2) is 0 Å². The van der Waals surface area contributed by atoms with Crippen molar-refractivity contribution in [2.75, 3.05) is 18.6 Å². The number of para-hydroxylation sites is 1. The fraction of sp³-hybridized carbons (Fsp3) is 0.250. The van der Waals surface area contributed by atoms with E-state index in [1.807, 2.05) is 66.7 Å². The highest BCUT2D eigenvalue weighted by Crippen LogP contribution is 2.33. The Morgan fingerprint density at radius 2 is 1.88 bits per heavy atom. The van der Waals surface area contributed by atoms with Crippen LogP contribution in [0.15, 0.2) is 60.7 Å². The van der Waals surface area contributed by atoms with E-state index in [2.05, 4.69) is 0 Å². The molecular weight excluding hydrogens is 302 g/mol. The Balaban J connectivity index is 1.94. The van der Waals surface area contributed by atoms with Crippen LogP contribution in [0.25, 0.3) is 6.08 Å². The minimum Gasteiger partial charge on any atom is -0.452 e.